The van der Waals surface area contributed by atoms with Crippen LogP contribution in [-0.2, 0) is 11.6 Å². The summed E-state index contributed by atoms with van der Waals surface area (Å²) < 4.78 is 39.9. The maximum Gasteiger partial charge on any atom is 0.435 e. The second-order valence-electron chi connectivity index (χ2n) is 7.99. The predicted molar refractivity (Wildman–Crippen MR) is 117 cm³/mol. The average molecular weight is 448 g/mol. The summed E-state index contributed by atoms with van der Waals surface area (Å²) in [4.78, 5) is 17.1. The smallest absolute Gasteiger partial charge is 0.360 e. The Morgan fingerprint density at radius 2 is 1.55 bits per heavy atom. The Kier molecular flexibility index (Phi) is 5.46. The van der Waals surface area contributed by atoms with Gasteiger partial charge in [0.2, 0.25) is 0 Å². The molecular weight excluding hydrogens is 429 g/mol. The third-order valence-electron chi connectivity index (χ3n) is 5.27. The number of nitrogens with zero attached hydrogens (tertiary/aromatic N) is 6. The van der Waals surface area contributed by atoms with Crippen molar-refractivity contribution in [2.24, 2.45) is 0 Å². The van der Waals surface area contributed by atoms with Gasteiger partial charge in [-0.15, -0.1) is 4.98 Å². The second-order valence-corrected chi connectivity index (χ2v) is 7.99. The lowest BCUT2D eigenvalue weighted by Gasteiger charge is -2.24. The predicted octanol–water partition coefficient (Wildman–Crippen LogP) is 5.93. The highest BCUT2D eigenvalue weighted by molar-refractivity contribution is 5.73. The van der Waals surface area contributed by atoms with E-state index in [-0.39, 0.29) is 11.6 Å². The van der Waals surface area contributed by atoms with E-state index >= 15 is 0 Å². The van der Waals surface area contributed by atoms with Crippen LogP contribution in [0.2, 0.25) is 0 Å². The third kappa shape index (κ3) is 4.32. The summed E-state index contributed by atoms with van der Waals surface area (Å²) in [5.41, 5.74) is 1.63. The molecule has 9 heteroatoms. The molecule has 0 aliphatic rings. The fourth-order valence-electron chi connectivity index (χ4n) is 3.39. The van der Waals surface area contributed by atoms with E-state index in [9.17, 15) is 13.2 Å². The van der Waals surface area contributed by atoms with Gasteiger partial charge in [0.25, 0.3) is 5.82 Å². The Hall–Kier alpha value is -4.06. The number of hydrogen-bond donors (Lipinski definition) is 0. The highest BCUT2D eigenvalue weighted by atomic mass is 19.4. The van der Waals surface area contributed by atoms with Crippen molar-refractivity contribution in [1.29, 1.82) is 0 Å². The van der Waals surface area contributed by atoms with E-state index in [0.29, 0.717) is 22.6 Å². The van der Waals surface area contributed by atoms with Gasteiger partial charge in [-0.2, -0.15) is 18.3 Å². The number of alkyl halides is 3. The molecular formula is C24H19F3N6. The lowest BCUT2D eigenvalue weighted by Crippen LogP contribution is -2.23. The first kappa shape index (κ1) is 22.1. The Morgan fingerprint density at radius 1 is 0.848 bits per heavy atom. The van der Waals surface area contributed by atoms with Crippen molar-refractivity contribution < 1.29 is 13.2 Å². The molecule has 0 aliphatic heterocycles. The first-order chi connectivity index (χ1) is 15.6. The molecule has 0 aromatic carbocycles. The van der Waals surface area contributed by atoms with Crippen LogP contribution in [0, 0.1) is 13.5 Å². The van der Waals surface area contributed by atoms with Crippen LogP contribution in [0.1, 0.15) is 36.6 Å². The summed E-state index contributed by atoms with van der Waals surface area (Å²) in [6, 6.07) is 15.2. The first-order valence-corrected chi connectivity index (χ1v) is 10.0. The highest BCUT2D eigenvalue weighted by Crippen LogP contribution is 2.33. The molecule has 4 aromatic rings. The van der Waals surface area contributed by atoms with Gasteiger partial charge < -0.3 is 4.85 Å². The van der Waals surface area contributed by atoms with Crippen LogP contribution in [-0.4, -0.2) is 24.7 Å². The number of aromatic nitrogens is 5. The summed E-state index contributed by atoms with van der Waals surface area (Å²) in [7, 11) is 0. The van der Waals surface area contributed by atoms with E-state index in [1.807, 2.05) is 51.1 Å². The van der Waals surface area contributed by atoms with E-state index in [0.717, 1.165) is 16.4 Å². The number of aryl methyl sites for hydroxylation is 1. The van der Waals surface area contributed by atoms with Crippen LogP contribution in [0.3, 0.4) is 0 Å². The van der Waals surface area contributed by atoms with Gasteiger partial charge in [0.1, 0.15) is 5.69 Å². The minimum Gasteiger partial charge on any atom is -0.360 e. The van der Waals surface area contributed by atoms with Gasteiger partial charge in [-0.3, -0.25) is 4.98 Å². The summed E-state index contributed by atoms with van der Waals surface area (Å²) in [5, 5.41) is 3.61. The van der Waals surface area contributed by atoms with Gasteiger partial charge in [0.15, 0.2) is 11.5 Å². The van der Waals surface area contributed by atoms with E-state index in [1.165, 1.54) is 6.20 Å². The highest BCUT2D eigenvalue weighted by Gasteiger charge is 2.34. The zero-order valence-corrected chi connectivity index (χ0v) is 18.1. The summed E-state index contributed by atoms with van der Waals surface area (Å²) in [5.74, 6) is 0.544. The second kappa shape index (κ2) is 8.13. The molecule has 166 valence electrons. The van der Waals surface area contributed by atoms with Gasteiger partial charge in [-0.1, -0.05) is 24.8 Å². The third-order valence-corrected chi connectivity index (χ3v) is 5.27. The lowest BCUT2D eigenvalue weighted by molar-refractivity contribution is -0.141. The molecule has 4 heterocycles. The average Bonchev–Trinajstić information content (AvgIpc) is 3.30. The number of rotatable bonds is 4. The number of hydrogen-bond acceptors (Lipinski definition) is 4. The Morgan fingerprint density at radius 3 is 2.21 bits per heavy atom. The van der Waals surface area contributed by atoms with E-state index in [1.54, 1.807) is 18.2 Å². The van der Waals surface area contributed by atoms with Crippen molar-refractivity contribution in [3.8, 4) is 17.1 Å². The molecule has 0 N–H and O–H groups in total. The summed E-state index contributed by atoms with van der Waals surface area (Å²) in [6.45, 7) is 13.1. The molecule has 0 bridgehead atoms. The van der Waals surface area contributed by atoms with Crippen molar-refractivity contribution >= 4 is 5.82 Å². The molecule has 6 nitrogen and oxygen atoms in total. The minimum absolute atomic E-state index is 0.269. The minimum atomic E-state index is -4.53. The number of pyridine rings is 3. The van der Waals surface area contributed by atoms with Crippen LogP contribution in [0.4, 0.5) is 19.0 Å². The Bertz CT molecular complexity index is 1370. The van der Waals surface area contributed by atoms with Gasteiger partial charge >= 0.3 is 6.18 Å². The molecule has 0 fully saturated rings. The molecule has 0 amide bonds. The van der Waals surface area contributed by atoms with Crippen molar-refractivity contribution in [3.05, 3.63) is 95.0 Å². The lowest BCUT2D eigenvalue weighted by atomic mass is 9.84. The van der Waals surface area contributed by atoms with Crippen molar-refractivity contribution in [3.63, 3.8) is 0 Å². The molecule has 33 heavy (non-hydrogen) atoms. The van der Waals surface area contributed by atoms with Crippen molar-refractivity contribution in [2.45, 2.75) is 32.4 Å². The fourth-order valence-corrected chi connectivity index (χ4v) is 3.39. The zero-order chi connectivity index (χ0) is 23.8. The van der Waals surface area contributed by atoms with Gasteiger partial charge in [0, 0.05) is 24.1 Å². The summed E-state index contributed by atoms with van der Waals surface area (Å²) in [6.07, 6.45) is -3.29. The molecule has 0 saturated carbocycles. The quantitative estimate of drug-likeness (QED) is 0.363. The van der Waals surface area contributed by atoms with E-state index in [4.69, 9.17) is 11.6 Å². The molecule has 0 unspecified atom stereocenters. The van der Waals surface area contributed by atoms with E-state index in [2.05, 4.69) is 19.9 Å². The summed E-state index contributed by atoms with van der Waals surface area (Å²) >= 11 is 0. The Balaban J connectivity index is 1.73. The number of halogens is 3. The van der Waals surface area contributed by atoms with Crippen LogP contribution >= 0.6 is 0 Å². The van der Waals surface area contributed by atoms with E-state index < -0.39 is 17.3 Å². The van der Waals surface area contributed by atoms with Gasteiger partial charge in [-0.05, 0) is 50.2 Å². The topological polar surface area (TPSA) is 60.9 Å². The van der Waals surface area contributed by atoms with Crippen LogP contribution in [0.25, 0.3) is 21.9 Å². The normalized spacial score (nSPS) is 11.9. The maximum absolute atomic E-state index is 12.9. The van der Waals surface area contributed by atoms with Crippen LogP contribution in [0.5, 0.6) is 0 Å². The largest absolute Gasteiger partial charge is 0.435 e. The standard InChI is InChI=1S/C24H19F3N6/c1-15-11-12-16(22(28-4)29-15)17-7-5-8-18(30-17)23(2,3)19-9-6-10-21(31-19)33-14-13-20(32-33)24(25,26)27/h5-14H,1-3H3. The van der Waals surface area contributed by atoms with Gasteiger partial charge in [0.05, 0.1) is 17.1 Å². The zero-order valence-electron chi connectivity index (χ0n) is 18.1. The molecule has 0 spiro atoms. The fraction of sp³-hybridized carbons (Fsp3) is 0.208. The molecule has 4 rings (SSSR count). The Labute approximate surface area is 188 Å². The molecule has 4 aromatic heterocycles. The van der Waals surface area contributed by atoms with Crippen molar-refractivity contribution in [2.75, 3.05) is 0 Å². The molecule has 0 aliphatic carbocycles. The molecule has 0 saturated heterocycles. The van der Waals surface area contributed by atoms with Gasteiger partial charge in [-0.25, -0.2) is 9.67 Å². The SMILES string of the molecule is [C-]#[N+]c1nc(C)ccc1-c1cccc(C(C)(C)c2cccc(-n3ccc(C(F)(F)F)n3)n2)n1. The maximum atomic E-state index is 12.9. The van der Waals surface area contributed by atoms with Crippen LogP contribution in [0.15, 0.2) is 60.8 Å². The molecule has 0 radical (unpaired) electrons. The first-order valence-electron chi connectivity index (χ1n) is 10.0. The monoisotopic (exact) mass is 448 g/mol. The molecule has 0 atom stereocenters. The van der Waals surface area contributed by atoms with Crippen molar-refractivity contribution in [1.82, 2.24) is 24.7 Å². The van der Waals surface area contributed by atoms with Crippen LogP contribution < -0.4 is 0 Å².